The monoisotopic (exact) mass is 400 g/mol. The van der Waals surface area contributed by atoms with Gasteiger partial charge in [-0.1, -0.05) is 45.0 Å². The van der Waals surface area contributed by atoms with E-state index in [2.05, 4.69) is 20.6 Å². The van der Waals surface area contributed by atoms with Crippen LogP contribution in [0.2, 0.25) is 0 Å². The first-order valence-corrected chi connectivity index (χ1v) is 9.43. The van der Waals surface area contributed by atoms with Crippen molar-refractivity contribution in [3.63, 3.8) is 0 Å². The molecule has 0 unspecified atom stereocenters. The highest BCUT2D eigenvalue weighted by atomic mass is 19.4. The molecule has 0 saturated heterocycles. The van der Waals surface area contributed by atoms with Gasteiger partial charge in [-0.2, -0.15) is 18.2 Å². The average Bonchev–Trinajstić information content (AvgIpc) is 2.68. The van der Waals surface area contributed by atoms with Crippen molar-refractivity contribution in [3.8, 4) is 0 Å². The lowest BCUT2D eigenvalue weighted by molar-refractivity contribution is -0.137. The van der Waals surface area contributed by atoms with Gasteiger partial charge in [-0.15, -0.1) is 0 Å². The quantitative estimate of drug-likeness (QED) is 0.485. The average molecular weight is 400 g/mol. The summed E-state index contributed by atoms with van der Waals surface area (Å²) in [6.45, 7) is 6.10. The number of hydrogen-bond donors (Lipinski definition) is 2. The van der Waals surface area contributed by atoms with Crippen LogP contribution >= 0.6 is 0 Å². The Balaban J connectivity index is 1.92. The summed E-state index contributed by atoms with van der Waals surface area (Å²) in [6.07, 6.45) is -2.87. The van der Waals surface area contributed by atoms with Crippen molar-refractivity contribution in [3.05, 3.63) is 71.4 Å². The fourth-order valence-corrected chi connectivity index (χ4v) is 2.81. The zero-order chi connectivity index (χ0) is 21.0. The molecule has 1 heterocycles. The SMILES string of the molecule is CCc1ccc(Nc2ncc(C(F)(F)F)c(Nc3cccc(C(C)C)c3)n2)cc1. The summed E-state index contributed by atoms with van der Waals surface area (Å²) >= 11 is 0. The maximum Gasteiger partial charge on any atom is 0.421 e. The van der Waals surface area contributed by atoms with E-state index in [0.29, 0.717) is 11.4 Å². The van der Waals surface area contributed by atoms with Gasteiger partial charge in [-0.25, -0.2) is 4.98 Å². The molecule has 0 spiro atoms. The molecule has 0 aliphatic carbocycles. The van der Waals surface area contributed by atoms with Gasteiger partial charge < -0.3 is 10.6 Å². The van der Waals surface area contributed by atoms with E-state index in [-0.39, 0.29) is 17.7 Å². The van der Waals surface area contributed by atoms with Crippen molar-refractivity contribution in [1.82, 2.24) is 9.97 Å². The Morgan fingerprint density at radius 3 is 2.31 bits per heavy atom. The second-order valence-electron chi connectivity index (χ2n) is 7.03. The second-order valence-corrected chi connectivity index (χ2v) is 7.03. The maximum absolute atomic E-state index is 13.5. The van der Waals surface area contributed by atoms with E-state index in [1.54, 1.807) is 12.1 Å². The highest BCUT2D eigenvalue weighted by Crippen LogP contribution is 2.35. The largest absolute Gasteiger partial charge is 0.421 e. The van der Waals surface area contributed by atoms with Crippen LogP contribution in [-0.2, 0) is 12.6 Å². The smallest absolute Gasteiger partial charge is 0.340 e. The molecular weight excluding hydrogens is 377 g/mol. The van der Waals surface area contributed by atoms with Gasteiger partial charge >= 0.3 is 6.18 Å². The summed E-state index contributed by atoms with van der Waals surface area (Å²) in [5.41, 5.74) is 2.51. The van der Waals surface area contributed by atoms with Crippen molar-refractivity contribution in [2.24, 2.45) is 0 Å². The van der Waals surface area contributed by atoms with Crippen LogP contribution in [-0.4, -0.2) is 9.97 Å². The van der Waals surface area contributed by atoms with Crippen molar-refractivity contribution in [2.75, 3.05) is 10.6 Å². The van der Waals surface area contributed by atoms with Gasteiger partial charge in [-0.05, 0) is 47.7 Å². The molecule has 29 heavy (non-hydrogen) atoms. The molecule has 0 saturated carbocycles. The van der Waals surface area contributed by atoms with Crippen molar-refractivity contribution in [2.45, 2.75) is 39.3 Å². The van der Waals surface area contributed by atoms with Crippen LogP contribution in [0.15, 0.2) is 54.7 Å². The topological polar surface area (TPSA) is 49.8 Å². The Bertz CT molecular complexity index is 967. The van der Waals surface area contributed by atoms with E-state index < -0.39 is 11.7 Å². The Kier molecular flexibility index (Phi) is 6.06. The van der Waals surface area contributed by atoms with Crippen LogP contribution in [0.25, 0.3) is 0 Å². The number of nitrogens with one attached hydrogen (secondary N) is 2. The number of halogens is 3. The molecule has 1 aromatic heterocycles. The minimum absolute atomic E-state index is 0.0877. The first-order chi connectivity index (χ1) is 13.8. The molecule has 3 aromatic rings. The summed E-state index contributed by atoms with van der Waals surface area (Å²) in [7, 11) is 0. The van der Waals surface area contributed by atoms with Crippen LogP contribution < -0.4 is 10.6 Å². The Labute approximate surface area is 168 Å². The number of nitrogens with zero attached hydrogens (tertiary/aromatic N) is 2. The first kappa shape index (κ1) is 20.6. The summed E-state index contributed by atoms with van der Waals surface area (Å²) in [5, 5.41) is 5.77. The van der Waals surface area contributed by atoms with E-state index in [1.165, 1.54) is 0 Å². The third-order valence-electron chi connectivity index (χ3n) is 4.53. The zero-order valence-electron chi connectivity index (χ0n) is 16.5. The minimum Gasteiger partial charge on any atom is -0.340 e. The van der Waals surface area contributed by atoms with Crippen LogP contribution in [0, 0.1) is 0 Å². The van der Waals surface area contributed by atoms with Gasteiger partial charge in [0.1, 0.15) is 11.4 Å². The Morgan fingerprint density at radius 2 is 1.69 bits per heavy atom. The lowest BCUT2D eigenvalue weighted by atomic mass is 10.0. The standard InChI is InChI=1S/C22H23F3N4/c1-4-15-8-10-17(11-9-15)28-21-26-13-19(22(23,24)25)20(29-21)27-18-7-5-6-16(12-18)14(2)3/h5-14H,4H2,1-3H3,(H2,26,27,28,29). The van der Waals surface area contributed by atoms with E-state index in [0.717, 1.165) is 23.7 Å². The molecule has 3 rings (SSSR count). The summed E-state index contributed by atoms with van der Waals surface area (Å²) in [4.78, 5) is 7.94. The van der Waals surface area contributed by atoms with Gasteiger partial charge in [0.25, 0.3) is 0 Å². The predicted octanol–water partition coefficient (Wildman–Crippen LogP) is 6.67. The Hall–Kier alpha value is -3.09. The number of anilines is 4. The number of aromatic nitrogens is 2. The van der Waals surface area contributed by atoms with Crippen LogP contribution in [0.4, 0.5) is 36.3 Å². The van der Waals surface area contributed by atoms with E-state index in [9.17, 15) is 13.2 Å². The zero-order valence-corrected chi connectivity index (χ0v) is 16.5. The number of hydrogen-bond acceptors (Lipinski definition) is 4. The molecule has 0 atom stereocenters. The first-order valence-electron chi connectivity index (χ1n) is 9.43. The fourth-order valence-electron chi connectivity index (χ4n) is 2.81. The van der Waals surface area contributed by atoms with Gasteiger partial charge in [0.15, 0.2) is 0 Å². The number of aryl methyl sites for hydroxylation is 1. The molecule has 2 aromatic carbocycles. The highest BCUT2D eigenvalue weighted by Gasteiger charge is 2.35. The normalized spacial score (nSPS) is 11.6. The molecule has 0 aliphatic heterocycles. The van der Waals surface area contributed by atoms with E-state index >= 15 is 0 Å². The molecule has 0 radical (unpaired) electrons. The number of alkyl halides is 3. The molecule has 152 valence electrons. The summed E-state index contributed by atoms with van der Waals surface area (Å²) < 4.78 is 40.4. The minimum atomic E-state index is -4.57. The second kappa shape index (κ2) is 8.51. The summed E-state index contributed by atoms with van der Waals surface area (Å²) in [6, 6.07) is 14.9. The summed E-state index contributed by atoms with van der Waals surface area (Å²) in [5.74, 6) is 0.0541. The molecule has 0 bridgehead atoms. The van der Waals surface area contributed by atoms with E-state index in [4.69, 9.17) is 0 Å². The van der Waals surface area contributed by atoms with Crippen molar-refractivity contribution < 1.29 is 13.2 Å². The predicted molar refractivity (Wildman–Crippen MR) is 110 cm³/mol. The van der Waals surface area contributed by atoms with Gasteiger partial charge in [0, 0.05) is 17.6 Å². The lowest BCUT2D eigenvalue weighted by Gasteiger charge is -2.16. The molecule has 0 aliphatic rings. The van der Waals surface area contributed by atoms with Gasteiger partial charge in [0.2, 0.25) is 5.95 Å². The third kappa shape index (κ3) is 5.25. The molecule has 0 amide bonds. The molecule has 7 heteroatoms. The van der Waals surface area contributed by atoms with Crippen LogP contribution in [0.1, 0.15) is 43.4 Å². The number of rotatable bonds is 6. The number of benzene rings is 2. The maximum atomic E-state index is 13.5. The van der Waals surface area contributed by atoms with Crippen LogP contribution in [0.3, 0.4) is 0 Å². The fraction of sp³-hybridized carbons (Fsp3) is 0.273. The van der Waals surface area contributed by atoms with Crippen molar-refractivity contribution in [1.29, 1.82) is 0 Å². The van der Waals surface area contributed by atoms with Gasteiger partial charge in [0.05, 0.1) is 0 Å². The molecule has 0 fully saturated rings. The van der Waals surface area contributed by atoms with Crippen molar-refractivity contribution >= 4 is 23.1 Å². The molecule has 4 nitrogen and oxygen atoms in total. The Morgan fingerprint density at radius 1 is 0.966 bits per heavy atom. The van der Waals surface area contributed by atoms with Gasteiger partial charge in [-0.3, -0.25) is 0 Å². The van der Waals surface area contributed by atoms with Crippen LogP contribution in [0.5, 0.6) is 0 Å². The molecular formula is C22H23F3N4. The highest BCUT2D eigenvalue weighted by molar-refractivity contribution is 5.63. The van der Waals surface area contributed by atoms with E-state index in [1.807, 2.05) is 57.2 Å². The third-order valence-corrected chi connectivity index (χ3v) is 4.53. The molecule has 2 N–H and O–H groups in total. The lowest BCUT2D eigenvalue weighted by Crippen LogP contribution is -2.12.